The maximum Gasteiger partial charge on any atom is 0.416 e. The highest BCUT2D eigenvalue weighted by Gasteiger charge is 2.48. The maximum atomic E-state index is 13.2. The fraction of sp³-hybridized carbons (Fsp3) is 0.400. The minimum absolute atomic E-state index is 0.0398. The van der Waals surface area contributed by atoms with Gasteiger partial charge < -0.3 is 25.4 Å². The Morgan fingerprint density at radius 3 is 2.51 bits per heavy atom. The van der Waals surface area contributed by atoms with Crippen LogP contribution in [0.1, 0.15) is 29.5 Å². The summed E-state index contributed by atoms with van der Waals surface area (Å²) >= 11 is 0. The normalized spacial score (nSPS) is 20.7. The number of nitrogens with zero attached hydrogens (tertiary/aromatic N) is 3. The summed E-state index contributed by atoms with van der Waals surface area (Å²) in [6.07, 6.45) is -5.67. The molecule has 2 aromatic carbocycles. The van der Waals surface area contributed by atoms with Crippen LogP contribution in [0.3, 0.4) is 0 Å². The Morgan fingerprint density at radius 2 is 1.84 bits per heavy atom. The van der Waals surface area contributed by atoms with Crippen molar-refractivity contribution in [3.05, 3.63) is 65.2 Å². The van der Waals surface area contributed by atoms with E-state index in [1.807, 2.05) is 30.3 Å². The lowest BCUT2D eigenvalue weighted by molar-refractivity contribution is -0.179. The number of fused-ring (bicyclic) bond motifs is 1. The smallest absolute Gasteiger partial charge is 0.416 e. The number of benzene rings is 2. The van der Waals surface area contributed by atoms with Crippen molar-refractivity contribution in [3.8, 4) is 0 Å². The number of carboxylic acids is 1. The van der Waals surface area contributed by atoms with E-state index in [1.54, 1.807) is 4.90 Å². The number of halogens is 3. The fourth-order valence-electron chi connectivity index (χ4n) is 4.76. The van der Waals surface area contributed by atoms with Crippen LogP contribution in [0.25, 0.3) is 0 Å². The second-order valence-electron chi connectivity index (χ2n) is 9.10. The average Bonchev–Trinajstić information content (AvgIpc) is 2.82. The molecular formula is C25H27F3N4O5. The lowest BCUT2D eigenvalue weighted by Gasteiger charge is -2.52. The van der Waals surface area contributed by atoms with E-state index in [1.165, 1.54) is 15.9 Å². The van der Waals surface area contributed by atoms with Crippen molar-refractivity contribution < 1.29 is 37.4 Å². The molecule has 0 saturated carbocycles. The number of nitrogens with two attached hydrogens (primary N) is 1. The van der Waals surface area contributed by atoms with Gasteiger partial charge in [0.2, 0.25) is 11.8 Å². The minimum Gasteiger partial charge on any atom is -0.481 e. The molecule has 0 radical (unpaired) electrons. The molecule has 12 heteroatoms. The van der Waals surface area contributed by atoms with Crippen LogP contribution < -0.4 is 5.73 Å². The molecule has 0 bridgehead atoms. The number of nitrogen functional groups attached to an aromatic ring is 1. The number of anilines is 1. The van der Waals surface area contributed by atoms with Crippen LogP contribution in [0.15, 0.2) is 48.5 Å². The predicted molar refractivity (Wildman–Crippen MR) is 125 cm³/mol. The largest absolute Gasteiger partial charge is 0.481 e. The van der Waals surface area contributed by atoms with Gasteiger partial charge in [-0.1, -0.05) is 30.3 Å². The molecule has 0 aliphatic carbocycles. The molecule has 2 heterocycles. The zero-order valence-corrected chi connectivity index (χ0v) is 19.9. The van der Waals surface area contributed by atoms with Gasteiger partial charge in [0.05, 0.1) is 25.1 Å². The van der Waals surface area contributed by atoms with Crippen LogP contribution in [-0.4, -0.2) is 69.6 Å². The summed E-state index contributed by atoms with van der Waals surface area (Å²) in [7, 11) is 0. The van der Waals surface area contributed by atoms with Gasteiger partial charge in [0.1, 0.15) is 18.9 Å². The Kier molecular flexibility index (Phi) is 7.69. The Hall–Kier alpha value is -3.64. The quantitative estimate of drug-likeness (QED) is 0.514. The predicted octanol–water partition coefficient (Wildman–Crippen LogP) is 2.51. The van der Waals surface area contributed by atoms with Crippen molar-refractivity contribution in [1.29, 1.82) is 0 Å². The number of carboxylic acid groups (broad SMARTS) is 1. The molecule has 2 aromatic rings. The monoisotopic (exact) mass is 520 g/mol. The number of piperazine rings is 1. The molecule has 2 saturated heterocycles. The summed E-state index contributed by atoms with van der Waals surface area (Å²) < 4.78 is 45.1. The Bertz CT molecular complexity index is 1160. The second-order valence-corrected chi connectivity index (χ2v) is 9.10. The van der Waals surface area contributed by atoms with Crippen molar-refractivity contribution in [2.75, 3.05) is 25.6 Å². The van der Waals surface area contributed by atoms with E-state index < -0.39 is 42.2 Å². The Labute approximate surface area is 211 Å². The van der Waals surface area contributed by atoms with Crippen LogP contribution in [0.2, 0.25) is 0 Å². The molecule has 9 nitrogen and oxygen atoms in total. The van der Waals surface area contributed by atoms with Gasteiger partial charge in [-0.05, 0) is 29.3 Å². The zero-order valence-electron chi connectivity index (χ0n) is 19.9. The molecule has 2 aliphatic rings. The highest BCUT2D eigenvalue weighted by Crippen LogP contribution is 2.32. The van der Waals surface area contributed by atoms with Crippen LogP contribution in [0.4, 0.5) is 18.9 Å². The van der Waals surface area contributed by atoms with Crippen molar-refractivity contribution in [2.24, 2.45) is 0 Å². The van der Waals surface area contributed by atoms with Crippen LogP contribution in [0.5, 0.6) is 0 Å². The first kappa shape index (κ1) is 26.4. The first-order valence-corrected chi connectivity index (χ1v) is 11.7. The topological polar surface area (TPSA) is 116 Å². The molecule has 0 spiro atoms. The Morgan fingerprint density at radius 1 is 1.11 bits per heavy atom. The van der Waals surface area contributed by atoms with E-state index >= 15 is 0 Å². The van der Waals surface area contributed by atoms with Gasteiger partial charge in [0, 0.05) is 25.2 Å². The molecule has 37 heavy (non-hydrogen) atoms. The van der Waals surface area contributed by atoms with Gasteiger partial charge >= 0.3 is 12.1 Å². The van der Waals surface area contributed by atoms with Gasteiger partial charge in [0.15, 0.2) is 0 Å². The SMILES string of the molecule is Nc1cc(COCN2CCC(=O)N3[C@@H]2CN(Cc2ccccc2)C(=O)[C@@H]3CC(=O)O)cc(C(F)(F)F)c1. The van der Waals surface area contributed by atoms with Crippen molar-refractivity contribution in [1.82, 2.24) is 14.7 Å². The molecule has 3 N–H and O–H groups in total. The highest BCUT2D eigenvalue weighted by atomic mass is 19.4. The number of aliphatic carboxylic acids is 1. The second kappa shape index (κ2) is 10.8. The summed E-state index contributed by atoms with van der Waals surface area (Å²) in [5, 5.41) is 9.43. The molecular weight excluding hydrogens is 493 g/mol. The molecule has 2 atom stereocenters. The number of alkyl halides is 3. The zero-order chi connectivity index (χ0) is 26.7. The summed E-state index contributed by atoms with van der Waals surface area (Å²) in [6, 6.07) is 11.2. The number of hydrogen-bond donors (Lipinski definition) is 2. The first-order chi connectivity index (χ1) is 17.5. The van der Waals surface area contributed by atoms with E-state index in [0.717, 1.165) is 17.7 Å². The number of carbonyl (C=O) groups excluding carboxylic acids is 2. The van der Waals surface area contributed by atoms with Gasteiger partial charge in [-0.3, -0.25) is 19.3 Å². The minimum atomic E-state index is -4.55. The van der Waals surface area contributed by atoms with E-state index in [9.17, 15) is 32.7 Å². The summed E-state index contributed by atoms with van der Waals surface area (Å²) in [6.45, 7) is 0.466. The number of rotatable bonds is 8. The lowest BCUT2D eigenvalue weighted by Crippen LogP contribution is -2.70. The highest BCUT2D eigenvalue weighted by molar-refractivity contribution is 5.92. The fourth-order valence-corrected chi connectivity index (χ4v) is 4.76. The number of amides is 2. The van der Waals surface area contributed by atoms with E-state index in [4.69, 9.17) is 10.5 Å². The summed E-state index contributed by atoms with van der Waals surface area (Å²) in [4.78, 5) is 42.2. The number of hydrogen-bond acceptors (Lipinski definition) is 6. The van der Waals surface area contributed by atoms with Crippen LogP contribution in [-0.2, 0) is 38.4 Å². The van der Waals surface area contributed by atoms with Crippen molar-refractivity contribution in [2.45, 2.75) is 44.4 Å². The van der Waals surface area contributed by atoms with Crippen LogP contribution >= 0.6 is 0 Å². The van der Waals surface area contributed by atoms with E-state index in [-0.39, 0.29) is 56.6 Å². The van der Waals surface area contributed by atoms with E-state index in [2.05, 4.69) is 0 Å². The number of carbonyl (C=O) groups is 3. The molecule has 2 fully saturated rings. The third-order valence-corrected chi connectivity index (χ3v) is 6.41. The van der Waals surface area contributed by atoms with Gasteiger partial charge in [-0.2, -0.15) is 13.2 Å². The molecule has 4 rings (SSSR count). The Balaban J connectivity index is 1.51. The number of ether oxygens (including phenoxy) is 1. The molecule has 198 valence electrons. The lowest BCUT2D eigenvalue weighted by atomic mass is 10.0. The summed E-state index contributed by atoms with van der Waals surface area (Å²) in [5.74, 6) is -1.98. The first-order valence-electron chi connectivity index (χ1n) is 11.7. The van der Waals surface area contributed by atoms with Crippen molar-refractivity contribution >= 4 is 23.5 Å². The summed E-state index contributed by atoms with van der Waals surface area (Å²) in [5.41, 5.74) is 5.80. The maximum absolute atomic E-state index is 13.2. The van der Waals surface area contributed by atoms with E-state index in [0.29, 0.717) is 0 Å². The molecule has 0 unspecified atom stereocenters. The third kappa shape index (κ3) is 6.20. The van der Waals surface area contributed by atoms with Gasteiger partial charge in [0.25, 0.3) is 0 Å². The average molecular weight is 521 g/mol. The van der Waals surface area contributed by atoms with Gasteiger partial charge in [-0.25, -0.2) is 0 Å². The third-order valence-electron chi connectivity index (χ3n) is 6.41. The molecule has 2 amide bonds. The van der Waals surface area contributed by atoms with Gasteiger partial charge in [-0.15, -0.1) is 0 Å². The molecule has 2 aliphatic heterocycles. The molecule has 0 aromatic heterocycles. The van der Waals surface area contributed by atoms with Crippen LogP contribution in [0, 0.1) is 0 Å². The standard InChI is InChI=1S/C25H27F3N4O5/c26-25(27,28)18-8-17(9-19(29)10-18)14-37-15-30-7-6-22(33)32-20(11-23(34)35)24(36)31(13-21(30)32)12-16-4-2-1-3-5-16/h1-5,8-10,20-21H,6-7,11-15,29H2,(H,34,35)/t20-,21+/m0/s1. The van der Waals surface area contributed by atoms with Crippen molar-refractivity contribution in [3.63, 3.8) is 0 Å².